The van der Waals surface area contributed by atoms with Crippen LogP contribution < -0.4 is 4.62 Å². The Kier molecular flexibility index (Phi) is 8.15. The molecule has 0 aromatic carbocycles. The van der Waals surface area contributed by atoms with Crippen molar-refractivity contribution in [3.63, 3.8) is 0 Å². The summed E-state index contributed by atoms with van der Waals surface area (Å²) in [5.41, 5.74) is 1.54. The highest BCUT2D eigenvalue weighted by Gasteiger charge is 1.99. The molecule has 1 unspecified atom stereocenters. The number of rotatable bonds is 9. The third-order valence-electron chi connectivity index (χ3n) is 3.08. The summed E-state index contributed by atoms with van der Waals surface area (Å²) in [6, 6.07) is 2.27. The average Bonchev–Trinajstić information content (AvgIpc) is 2.68. The van der Waals surface area contributed by atoms with Gasteiger partial charge in [-0.15, -0.1) is 11.3 Å². The van der Waals surface area contributed by atoms with E-state index >= 15 is 0 Å². The number of unbranched alkanes of at least 4 members (excludes halogenated alkanes) is 7. The van der Waals surface area contributed by atoms with E-state index in [1.807, 2.05) is 11.3 Å². The summed E-state index contributed by atoms with van der Waals surface area (Å²) in [4.78, 5) is 0. The molecule has 0 aliphatic rings. The minimum Gasteiger partial charge on any atom is -0.144 e. The van der Waals surface area contributed by atoms with E-state index in [-0.39, 0.29) is 0 Å². The molecule has 0 saturated heterocycles. The topological polar surface area (TPSA) is 0 Å². The molecular formula is C14H25PS. The average molecular weight is 256 g/mol. The summed E-state index contributed by atoms with van der Waals surface area (Å²) >= 11 is 1.84. The van der Waals surface area contributed by atoms with Gasteiger partial charge in [0.15, 0.2) is 0 Å². The van der Waals surface area contributed by atoms with Crippen LogP contribution in [-0.2, 0) is 6.42 Å². The Balaban J connectivity index is 1.91. The summed E-state index contributed by atoms with van der Waals surface area (Å²) in [5.74, 6) is 0. The van der Waals surface area contributed by atoms with Gasteiger partial charge in [0.25, 0.3) is 0 Å². The second kappa shape index (κ2) is 9.19. The number of hydrogen-bond donors (Lipinski definition) is 0. The predicted molar refractivity (Wildman–Crippen MR) is 80.0 cm³/mol. The summed E-state index contributed by atoms with van der Waals surface area (Å²) in [6.07, 6.45) is 12.6. The van der Waals surface area contributed by atoms with Crippen molar-refractivity contribution in [1.82, 2.24) is 0 Å². The van der Waals surface area contributed by atoms with Crippen LogP contribution in [0, 0.1) is 0 Å². The second-order valence-electron chi connectivity index (χ2n) is 4.53. The van der Waals surface area contributed by atoms with E-state index in [4.69, 9.17) is 0 Å². The van der Waals surface area contributed by atoms with E-state index in [0.717, 1.165) is 0 Å². The monoisotopic (exact) mass is 256 g/mol. The Morgan fingerprint density at radius 2 is 1.62 bits per heavy atom. The van der Waals surface area contributed by atoms with Crippen LogP contribution >= 0.6 is 20.6 Å². The van der Waals surface area contributed by atoms with Crippen LogP contribution in [0.3, 0.4) is 0 Å². The summed E-state index contributed by atoms with van der Waals surface area (Å²) in [7, 11) is 2.84. The van der Waals surface area contributed by atoms with E-state index < -0.39 is 0 Å². The molecule has 1 heterocycles. The highest BCUT2D eigenvalue weighted by atomic mass is 32.1. The summed E-state index contributed by atoms with van der Waals surface area (Å²) in [6.45, 7) is 2.28. The lowest BCUT2D eigenvalue weighted by Gasteiger charge is -2.01. The van der Waals surface area contributed by atoms with Gasteiger partial charge in [-0.1, -0.05) is 61.1 Å². The number of thiophene rings is 1. The zero-order chi connectivity index (χ0) is 11.6. The van der Waals surface area contributed by atoms with Crippen molar-refractivity contribution >= 4 is 25.2 Å². The van der Waals surface area contributed by atoms with Gasteiger partial charge in [-0.3, -0.25) is 0 Å². The van der Waals surface area contributed by atoms with Gasteiger partial charge in [-0.25, -0.2) is 0 Å². The molecule has 0 N–H and O–H groups in total. The third kappa shape index (κ3) is 6.01. The normalized spacial score (nSPS) is 10.9. The zero-order valence-corrected chi connectivity index (χ0v) is 12.5. The van der Waals surface area contributed by atoms with Gasteiger partial charge in [0.05, 0.1) is 0 Å². The molecule has 0 saturated carbocycles. The van der Waals surface area contributed by atoms with Crippen LogP contribution in [0.4, 0.5) is 0 Å². The fraction of sp³-hybridized carbons (Fsp3) is 0.714. The summed E-state index contributed by atoms with van der Waals surface area (Å²) < 4.78 is 1.43. The van der Waals surface area contributed by atoms with E-state index in [2.05, 4.69) is 27.6 Å². The standard InChI is InChI=1S/C14H25PS/c1-2-3-4-5-6-7-8-9-10-13-11-12-16-14(13)15/h11-12H,2-10,15H2,1H3. The van der Waals surface area contributed by atoms with Crippen LogP contribution in [0.25, 0.3) is 0 Å². The van der Waals surface area contributed by atoms with Crippen molar-refractivity contribution in [2.75, 3.05) is 0 Å². The van der Waals surface area contributed by atoms with Gasteiger partial charge in [0.1, 0.15) is 0 Å². The molecule has 0 fully saturated rings. The Morgan fingerprint density at radius 3 is 2.19 bits per heavy atom. The van der Waals surface area contributed by atoms with Crippen LogP contribution in [0.2, 0.25) is 0 Å². The largest absolute Gasteiger partial charge is 0.144 e. The van der Waals surface area contributed by atoms with Crippen molar-refractivity contribution in [2.45, 2.75) is 64.7 Å². The van der Waals surface area contributed by atoms with Crippen molar-refractivity contribution in [3.05, 3.63) is 17.0 Å². The van der Waals surface area contributed by atoms with E-state index in [0.29, 0.717) is 0 Å². The highest BCUT2D eigenvalue weighted by Crippen LogP contribution is 2.13. The second-order valence-corrected chi connectivity index (χ2v) is 6.48. The minimum atomic E-state index is 1.28. The van der Waals surface area contributed by atoms with Gasteiger partial charge < -0.3 is 0 Å². The predicted octanol–water partition coefficient (Wildman–Crippen LogP) is 4.93. The molecule has 0 nitrogen and oxygen atoms in total. The van der Waals surface area contributed by atoms with Crippen molar-refractivity contribution < 1.29 is 0 Å². The van der Waals surface area contributed by atoms with Crippen LogP contribution in [-0.4, -0.2) is 0 Å². The molecule has 2 heteroatoms. The maximum absolute atomic E-state index is 2.84. The van der Waals surface area contributed by atoms with Gasteiger partial charge in [-0.05, 0) is 29.9 Å². The first-order chi connectivity index (χ1) is 7.84. The molecule has 0 bridgehead atoms. The Bertz CT molecular complexity index is 267. The van der Waals surface area contributed by atoms with Gasteiger partial charge in [0.2, 0.25) is 0 Å². The third-order valence-corrected chi connectivity index (χ3v) is 4.65. The first-order valence-electron chi connectivity index (χ1n) is 6.66. The van der Waals surface area contributed by atoms with Crippen LogP contribution in [0.15, 0.2) is 11.4 Å². The molecule has 1 aromatic heterocycles. The highest BCUT2D eigenvalue weighted by molar-refractivity contribution is 7.43. The van der Waals surface area contributed by atoms with Crippen molar-refractivity contribution in [3.8, 4) is 0 Å². The lowest BCUT2D eigenvalue weighted by Crippen LogP contribution is -1.93. The van der Waals surface area contributed by atoms with Crippen molar-refractivity contribution in [1.29, 1.82) is 0 Å². The maximum Gasteiger partial charge on any atom is 0.0248 e. The maximum atomic E-state index is 2.84. The smallest absolute Gasteiger partial charge is 0.0248 e. The molecule has 0 aliphatic heterocycles. The molecule has 0 spiro atoms. The first kappa shape index (κ1) is 14.2. The summed E-state index contributed by atoms with van der Waals surface area (Å²) in [5, 5.41) is 2.20. The van der Waals surface area contributed by atoms with Gasteiger partial charge in [0, 0.05) is 4.62 Å². The lowest BCUT2D eigenvalue weighted by atomic mass is 10.1. The lowest BCUT2D eigenvalue weighted by molar-refractivity contribution is 0.576. The van der Waals surface area contributed by atoms with E-state index in [1.165, 1.54) is 62.4 Å². The van der Waals surface area contributed by atoms with Crippen LogP contribution in [0.1, 0.15) is 63.9 Å². The van der Waals surface area contributed by atoms with Crippen molar-refractivity contribution in [2.24, 2.45) is 0 Å². The number of hydrogen-bond acceptors (Lipinski definition) is 1. The van der Waals surface area contributed by atoms with Gasteiger partial charge in [-0.2, -0.15) is 0 Å². The number of aryl methyl sites for hydroxylation is 1. The zero-order valence-electron chi connectivity index (χ0n) is 10.5. The van der Waals surface area contributed by atoms with E-state index in [1.54, 1.807) is 5.56 Å². The molecular weight excluding hydrogens is 231 g/mol. The Labute approximate surface area is 107 Å². The SMILES string of the molecule is CCCCCCCCCCc1ccsc1P. The molecule has 1 aromatic rings. The molecule has 92 valence electrons. The molecule has 0 aliphatic carbocycles. The Morgan fingerprint density at radius 1 is 1.00 bits per heavy atom. The fourth-order valence-electron chi connectivity index (χ4n) is 2.00. The molecule has 0 radical (unpaired) electrons. The van der Waals surface area contributed by atoms with E-state index in [9.17, 15) is 0 Å². The molecule has 0 amide bonds. The quantitative estimate of drug-likeness (QED) is 0.434. The molecule has 16 heavy (non-hydrogen) atoms. The Hall–Kier alpha value is 0.130. The first-order valence-corrected chi connectivity index (χ1v) is 8.12. The fourth-order valence-corrected chi connectivity index (χ4v) is 3.18. The van der Waals surface area contributed by atoms with Gasteiger partial charge >= 0.3 is 0 Å². The molecule has 1 atom stereocenters. The van der Waals surface area contributed by atoms with Crippen LogP contribution in [0.5, 0.6) is 0 Å². The molecule has 1 rings (SSSR count). The minimum absolute atomic E-state index is 1.28.